The Labute approximate surface area is 158 Å². The summed E-state index contributed by atoms with van der Waals surface area (Å²) in [5.41, 5.74) is 1.89. The van der Waals surface area contributed by atoms with E-state index in [9.17, 15) is 0 Å². The van der Waals surface area contributed by atoms with Gasteiger partial charge >= 0.3 is 0 Å². The van der Waals surface area contributed by atoms with Crippen molar-refractivity contribution in [1.82, 2.24) is 0 Å². The van der Waals surface area contributed by atoms with Gasteiger partial charge in [-0.25, -0.2) is 0 Å². The van der Waals surface area contributed by atoms with Crippen LogP contribution in [0.4, 0.5) is 0 Å². The lowest BCUT2D eigenvalue weighted by Crippen LogP contribution is -3.10. The Morgan fingerprint density at radius 1 is 0.640 bits per heavy atom. The van der Waals surface area contributed by atoms with E-state index >= 15 is 0 Å². The zero-order valence-corrected chi connectivity index (χ0v) is 16.9. The number of hydrogen-bond donors (Lipinski definition) is 1. The van der Waals surface area contributed by atoms with Crippen molar-refractivity contribution in [1.29, 1.82) is 0 Å². The van der Waals surface area contributed by atoms with E-state index in [0.717, 1.165) is 0 Å². The highest BCUT2D eigenvalue weighted by atomic mass is 35.5. The van der Waals surface area contributed by atoms with Crippen LogP contribution < -0.4 is 27.7 Å². The molecule has 1 N–H and O–H groups in total. The summed E-state index contributed by atoms with van der Waals surface area (Å²) >= 11 is 0. The average Bonchev–Trinajstić information content (AvgIpc) is 2.64. The molecule has 0 heterocycles. The first-order valence-corrected chi connectivity index (χ1v) is 11.2. The minimum Gasteiger partial charge on any atom is -1.00 e. The lowest BCUT2D eigenvalue weighted by atomic mass is 10.2. The SMILES string of the molecule is C[NH+](C)C(c1ccccc1)[Si](C)(c1ccccc1)c1ccccc1.[Cl-]. The largest absolute Gasteiger partial charge is 1.00 e. The van der Waals surface area contributed by atoms with Crippen LogP contribution in [0, 0.1) is 0 Å². The smallest absolute Gasteiger partial charge is 0.187 e. The Morgan fingerprint density at radius 2 is 1.00 bits per heavy atom. The molecule has 0 aliphatic heterocycles. The van der Waals surface area contributed by atoms with Crippen LogP contribution in [0.15, 0.2) is 91.0 Å². The molecule has 0 fully saturated rings. The standard InChI is InChI=1S/C22H25NSi.ClH/c1-23(2)22(19-13-7-4-8-14-19)24(3,20-15-9-5-10-16-20)21-17-11-6-12-18-21;/h4-18,22H,1-3H3;1H. The second-order valence-corrected chi connectivity index (χ2v) is 11.0. The molecule has 130 valence electrons. The fourth-order valence-electron chi connectivity index (χ4n) is 3.96. The zero-order valence-electron chi connectivity index (χ0n) is 15.1. The lowest BCUT2D eigenvalue weighted by molar-refractivity contribution is -0.879. The van der Waals surface area contributed by atoms with E-state index < -0.39 is 8.07 Å². The number of benzene rings is 3. The van der Waals surface area contributed by atoms with E-state index in [1.807, 2.05) is 0 Å². The molecular formula is C22H26ClNSi. The summed E-state index contributed by atoms with van der Waals surface area (Å²) in [6.45, 7) is 2.52. The Morgan fingerprint density at radius 3 is 1.36 bits per heavy atom. The van der Waals surface area contributed by atoms with Gasteiger partial charge in [-0.1, -0.05) is 97.5 Å². The quantitative estimate of drug-likeness (QED) is 0.569. The van der Waals surface area contributed by atoms with Crippen molar-refractivity contribution < 1.29 is 17.3 Å². The summed E-state index contributed by atoms with van der Waals surface area (Å²) in [5, 5.41) is 2.98. The van der Waals surface area contributed by atoms with Crippen molar-refractivity contribution in [2.45, 2.75) is 12.2 Å². The van der Waals surface area contributed by atoms with Gasteiger partial charge in [0.25, 0.3) is 0 Å². The maximum Gasteiger partial charge on any atom is 0.187 e. The molecule has 0 aromatic heterocycles. The first-order chi connectivity index (χ1) is 11.6. The van der Waals surface area contributed by atoms with Crippen molar-refractivity contribution in [3.05, 3.63) is 96.6 Å². The second-order valence-electron chi connectivity index (χ2n) is 6.86. The lowest BCUT2D eigenvalue weighted by Gasteiger charge is -2.38. The van der Waals surface area contributed by atoms with Gasteiger partial charge in [-0.3, -0.25) is 0 Å². The molecule has 0 spiro atoms. The monoisotopic (exact) mass is 367 g/mol. The molecular weight excluding hydrogens is 342 g/mol. The maximum atomic E-state index is 2.52. The zero-order chi connectivity index (χ0) is 17.0. The molecule has 1 nitrogen and oxygen atoms in total. The number of nitrogens with one attached hydrogen (secondary N) is 1. The van der Waals surface area contributed by atoms with Crippen LogP contribution in [0.3, 0.4) is 0 Å². The molecule has 1 atom stereocenters. The van der Waals surface area contributed by atoms with Crippen LogP contribution in [-0.4, -0.2) is 22.2 Å². The van der Waals surface area contributed by atoms with Crippen molar-refractivity contribution >= 4 is 18.4 Å². The summed E-state index contributed by atoms with van der Waals surface area (Å²) < 4.78 is 0. The van der Waals surface area contributed by atoms with Gasteiger partial charge in [0.2, 0.25) is 0 Å². The molecule has 0 saturated carbocycles. The molecule has 0 saturated heterocycles. The molecule has 0 bridgehead atoms. The van der Waals surface area contributed by atoms with Gasteiger partial charge in [-0.05, 0) is 10.4 Å². The normalized spacial score (nSPS) is 12.5. The molecule has 3 heteroatoms. The fraction of sp³-hybridized carbons (Fsp3) is 0.182. The predicted octanol–water partition coefficient (Wildman–Crippen LogP) is -0.692. The van der Waals surface area contributed by atoms with E-state index in [-0.39, 0.29) is 12.4 Å². The van der Waals surface area contributed by atoms with E-state index in [4.69, 9.17) is 0 Å². The molecule has 0 radical (unpaired) electrons. The van der Waals surface area contributed by atoms with Crippen LogP contribution in [-0.2, 0) is 0 Å². The van der Waals surface area contributed by atoms with E-state index in [0.29, 0.717) is 5.67 Å². The summed E-state index contributed by atoms with van der Waals surface area (Å²) in [6.07, 6.45) is 0. The Bertz CT molecular complexity index is 720. The molecule has 0 amide bonds. The highest BCUT2D eigenvalue weighted by molar-refractivity contribution is 7.01. The van der Waals surface area contributed by atoms with Gasteiger partial charge in [0.15, 0.2) is 8.07 Å². The Hall–Kier alpha value is -1.87. The molecule has 3 aromatic carbocycles. The van der Waals surface area contributed by atoms with Crippen molar-refractivity contribution in [2.24, 2.45) is 0 Å². The Balaban J connectivity index is 0.00000225. The molecule has 25 heavy (non-hydrogen) atoms. The van der Waals surface area contributed by atoms with Crippen LogP contribution in [0.25, 0.3) is 0 Å². The molecule has 0 aliphatic carbocycles. The van der Waals surface area contributed by atoms with E-state index in [1.54, 1.807) is 0 Å². The Kier molecular flexibility index (Phi) is 6.60. The molecule has 0 aliphatic rings. The summed E-state index contributed by atoms with van der Waals surface area (Å²) in [4.78, 5) is 1.49. The summed E-state index contributed by atoms with van der Waals surface area (Å²) in [6, 6.07) is 33.2. The topological polar surface area (TPSA) is 4.44 Å². The fourth-order valence-corrected chi connectivity index (χ4v) is 8.74. The van der Waals surface area contributed by atoms with E-state index in [1.165, 1.54) is 20.8 Å². The third-order valence-electron chi connectivity index (χ3n) is 5.03. The van der Waals surface area contributed by atoms with Crippen LogP contribution in [0.2, 0.25) is 6.55 Å². The van der Waals surface area contributed by atoms with Gasteiger partial charge in [0.1, 0.15) is 5.67 Å². The average molecular weight is 368 g/mol. The molecule has 3 rings (SSSR count). The second kappa shape index (κ2) is 8.48. The third kappa shape index (κ3) is 3.87. The van der Waals surface area contributed by atoms with Crippen LogP contribution >= 0.6 is 0 Å². The van der Waals surface area contributed by atoms with E-state index in [2.05, 4.69) is 112 Å². The van der Waals surface area contributed by atoms with Gasteiger partial charge in [0.05, 0.1) is 14.1 Å². The molecule has 3 aromatic rings. The van der Waals surface area contributed by atoms with Gasteiger partial charge in [-0.2, -0.15) is 0 Å². The van der Waals surface area contributed by atoms with Crippen molar-refractivity contribution in [3.63, 3.8) is 0 Å². The predicted molar refractivity (Wildman–Crippen MR) is 106 cm³/mol. The minimum atomic E-state index is -1.97. The van der Waals surface area contributed by atoms with Gasteiger partial charge < -0.3 is 17.3 Å². The first-order valence-electron chi connectivity index (χ1n) is 8.60. The number of hydrogen-bond acceptors (Lipinski definition) is 0. The van der Waals surface area contributed by atoms with Crippen molar-refractivity contribution in [2.75, 3.05) is 14.1 Å². The number of quaternary nitrogens is 1. The number of halogens is 1. The maximum absolute atomic E-state index is 2.52. The summed E-state index contributed by atoms with van der Waals surface area (Å²) in [7, 11) is 2.60. The van der Waals surface area contributed by atoms with Crippen molar-refractivity contribution in [3.8, 4) is 0 Å². The van der Waals surface area contributed by atoms with Crippen LogP contribution in [0.5, 0.6) is 0 Å². The molecule has 1 unspecified atom stereocenters. The van der Waals surface area contributed by atoms with Gasteiger partial charge in [-0.15, -0.1) is 0 Å². The third-order valence-corrected chi connectivity index (χ3v) is 10.2. The highest BCUT2D eigenvalue weighted by Crippen LogP contribution is 2.22. The van der Waals surface area contributed by atoms with Crippen LogP contribution in [0.1, 0.15) is 11.2 Å². The van der Waals surface area contributed by atoms with Gasteiger partial charge in [0, 0.05) is 5.56 Å². The highest BCUT2D eigenvalue weighted by Gasteiger charge is 2.45. The summed E-state index contributed by atoms with van der Waals surface area (Å²) in [5.74, 6) is 0. The first kappa shape index (κ1) is 19.5. The number of rotatable bonds is 5. The minimum absolute atomic E-state index is 0.